The molecule has 2 rings (SSSR count). The molecule has 0 heterocycles. The van der Waals surface area contributed by atoms with E-state index in [0.29, 0.717) is 29.9 Å². The molecule has 0 amide bonds. The van der Waals surface area contributed by atoms with Gasteiger partial charge in [0.05, 0.1) is 12.3 Å². The van der Waals surface area contributed by atoms with Gasteiger partial charge in [0, 0.05) is 37.3 Å². The summed E-state index contributed by atoms with van der Waals surface area (Å²) in [6, 6.07) is 7.21. The van der Waals surface area contributed by atoms with Gasteiger partial charge in [0.1, 0.15) is 0 Å². The summed E-state index contributed by atoms with van der Waals surface area (Å²) in [5.74, 6) is -0.387. The maximum atomic E-state index is 12.1. The molecule has 1 aliphatic rings. The Morgan fingerprint density at radius 2 is 1.76 bits per heavy atom. The highest BCUT2D eigenvalue weighted by Gasteiger charge is 2.22. The lowest BCUT2D eigenvalue weighted by atomic mass is 9.94. The number of nitrogens with two attached hydrogens (primary N) is 1. The van der Waals surface area contributed by atoms with Crippen molar-refractivity contribution in [2.24, 2.45) is 0 Å². The summed E-state index contributed by atoms with van der Waals surface area (Å²) in [7, 11) is 1.67. The molecule has 0 aromatic heterocycles. The van der Waals surface area contributed by atoms with Crippen LogP contribution in [0.5, 0.6) is 0 Å². The number of carbonyl (C=O) groups excluding carboxylic acids is 2. The standard InChI is InChI=1S/C16H18N2O3/c1-18(6-7-19)14-10-15(20)12(9-16(14)21)8-11-2-4-13(17)5-3-11/h2-5,9-10,19H,6-8,17H2,1H3. The quantitative estimate of drug-likeness (QED) is 0.615. The maximum absolute atomic E-state index is 12.1. The van der Waals surface area contributed by atoms with E-state index >= 15 is 0 Å². The van der Waals surface area contributed by atoms with Crippen molar-refractivity contribution in [1.29, 1.82) is 0 Å². The van der Waals surface area contributed by atoms with Crippen molar-refractivity contribution in [3.8, 4) is 0 Å². The third kappa shape index (κ3) is 3.58. The number of aliphatic hydroxyl groups is 1. The van der Waals surface area contributed by atoms with E-state index in [0.717, 1.165) is 5.56 Å². The molecule has 0 spiro atoms. The van der Waals surface area contributed by atoms with Crippen molar-refractivity contribution >= 4 is 17.3 Å². The molecular formula is C16H18N2O3. The van der Waals surface area contributed by atoms with Gasteiger partial charge in [-0.1, -0.05) is 12.1 Å². The van der Waals surface area contributed by atoms with E-state index in [1.165, 1.54) is 12.2 Å². The summed E-state index contributed by atoms with van der Waals surface area (Å²) in [5.41, 5.74) is 7.98. The SMILES string of the molecule is CN(CCO)C1=CC(=O)C(Cc2ccc(N)cc2)=CC1=O. The predicted octanol–water partition coefficient (Wildman–Crippen LogP) is 0.697. The number of benzene rings is 1. The van der Waals surface area contributed by atoms with E-state index < -0.39 is 0 Å². The molecule has 110 valence electrons. The van der Waals surface area contributed by atoms with Gasteiger partial charge in [-0.15, -0.1) is 0 Å². The summed E-state index contributed by atoms with van der Waals surface area (Å²) < 4.78 is 0. The Bertz CT molecular complexity index is 615. The number of allylic oxidation sites excluding steroid dienone is 3. The van der Waals surface area contributed by atoms with E-state index in [2.05, 4.69) is 0 Å². The number of rotatable bonds is 5. The van der Waals surface area contributed by atoms with Gasteiger partial charge >= 0.3 is 0 Å². The summed E-state index contributed by atoms with van der Waals surface area (Å²) in [6.07, 6.45) is 3.12. The minimum Gasteiger partial charge on any atom is -0.399 e. The van der Waals surface area contributed by atoms with Crippen molar-refractivity contribution < 1.29 is 14.7 Å². The molecule has 0 aliphatic heterocycles. The Morgan fingerprint density at radius 3 is 2.38 bits per heavy atom. The van der Waals surface area contributed by atoms with Gasteiger partial charge in [-0.05, 0) is 23.8 Å². The summed E-state index contributed by atoms with van der Waals surface area (Å²) in [6.45, 7) is 0.239. The lowest BCUT2D eigenvalue weighted by Crippen LogP contribution is -2.29. The molecule has 0 atom stereocenters. The van der Waals surface area contributed by atoms with Crippen LogP contribution in [0.15, 0.2) is 47.7 Å². The molecule has 0 unspecified atom stereocenters. The molecule has 0 bridgehead atoms. The zero-order chi connectivity index (χ0) is 15.4. The van der Waals surface area contributed by atoms with Crippen LogP contribution < -0.4 is 5.73 Å². The first-order valence-corrected chi connectivity index (χ1v) is 6.68. The molecule has 21 heavy (non-hydrogen) atoms. The normalized spacial score (nSPS) is 14.8. The average molecular weight is 286 g/mol. The number of nitrogens with zero attached hydrogens (tertiary/aromatic N) is 1. The van der Waals surface area contributed by atoms with E-state index in [4.69, 9.17) is 10.8 Å². The van der Waals surface area contributed by atoms with Crippen molar-refractivity contribution in [2.75, 3.05) is 25.9 Å². The van der Waals surface area contributed by atoms with Crippen LogP contribution in [0.3, 0.4) is 0 Å². The van der Waals surface area contributed by atoms with E-state index in [-0.39, 0.29) is 18.2 Å². The topological polar surface area (TPSA) is 83.6 Å². The second kappa shape index (κ2) is 6.37. The van der Waals surface area contributed by atoms with Crippen LogP contribution in [0.1, 0.15) is 5.56 Å². The Morgan fingerprint density at radius 1 is 1.10 bits per heavy atom. The largest absolute Gasteiger partial charge is 0.399 e. The van der Waals surface area contributed by atoms with Crippen molar-refractivity contribution in [3.05, 3.63) is 53.3 Å². The van der Waals surface area contributed by atoms with Gasteiger partial charge in [0.25, 0.3) is 0 Å². The fourth-order valence-corrected chi connectivity index (χ4v) is 2.15. The molecule has 1 aromatic rings. The van der Waals surface area contributed by atoms with Gasteiger partial charge < -0.3 is 15.7 Å². The Balaban J connectivity index is 2.14. The second-order valence-electron chi connectivity index (χ2n) is 4.99. The van der Waals surface area contributed by atoms with Crippen molar-refractivity contribution in [1.82, 2.24) is 4.90 Å². The van der Waals surface area contributed by atoms with Crippen LogP contribution in [-0.2, 0) is 16.0 Å². The van der Waals surface area contributed by atoms with Gasteiger partial charge in [-0.2, -0.15) is 0 Å². The number of hydrogen-bond acceptors (Lipinski definition) is 5. The van der Waals surface area contributed by atoms with E-state index in [1.807, 2.05) is 12.1 Å². The molecule has 0 radical (unpaired) electrons. The predicted molar refractivity (Wildman–Crippen MR) is 80.5 cm³/mol. The number of aliphatic hydroxyl groups excluding tert-OH is 1. The number of anilines is 1. The number of likely N-dealkylation sites (N-methyl/N-ethyl adjacent to an activating group) is 1. The summed E-state index contributed by atoms with van der Waals surface area (Å²) >= 11 is 0. The minimum absolute atomic E-state index is 0.0721. The van der Waals surface area contributed by atoms with E-state index in [1.54, 1.807) is 24.1 Å². The maximum Gasteiger partial charge on any atom is 0.202 e. The fourth-order valence-electron chi connectivity index (χ4n) is 2.15. The molecule has 0 saturated carbocycles. The van der Waals surface area contributed by atoms with Gasteiger partial charge in [0.15, 0.2) is 5.78 Å². The zero-order valence-corrected chi connectivity index (χ0v) is 11.9. The molecule has 3 N–H and O–H groups in total. The molecule has 5 nitrogen and oxygen atoms in total. The molecule has 1 aromatic carbocycles. The first-order valence-electron chi connectivity index (χ1n) is 6.68. The number of hydrogen-bond donors (Lipinski definition) is 2. The molecule has 5 heteroatoms. The third-order valence-electron chi connectivity index (χ3n) is 3.36. The molecule has 0 saturated heterocycles. The van der Waals surface area contributed by atoms with Gasteiger partial charge in [-0.3, -0.25) is 9.59 Å². The van der Waals surface area contributed by atoms with Gasteiger partial charge in [-0.25, -0.2) is 0 Å². The van der Waals surface area contributed by atoms with Crippen molar-refractivity contribution in [2.45, 2.75) is 6.42 Å². The van der Waals surface area contributed by atoms with Crippen molar-refractivity contribution in [3.63, 3.8) is 0 Å². The van der Waals surface area contributed by atoms with Crippen LogP contribution in [-0.4, -0.2) is 41.8 Å². The Kier molecular flexibility index (Phi) is 4.55. The number of nitrogen functional groups attached to an aromatic ring is 1. The molecule has 0 fully saturated rings. The van der Waals surface area contributed by atoms with E-state index in [9.17, 15) is 9.59 Å². The van der Waals surface area contributed by atoms with Crippen LogP contribution >= 0.6 is 0 Å². The zero-order valence-electron chi connectivity index (χ0n) is 11.9. The highest BCUT2D eigenvalue weighted by atomic mass is 16.3. The highest BCUT2D eigenvalue weighted by Crippen LogP contribution is 2.18. The molecule has 1 aliphatic carbocycles. The third-order valence-corrected chi connectivity index (χ3v) is 3.36. The average Bonchev–Trinajstić information content (AvgIpc) is 2.45. The monoisotopic (exact) mass is 286 g/mol. The smallest absolute Gasteiger partial charge is 0.202 e. The second-order valence-corrected chi connectivity index (χ2v) is 4.99. The van der Waals surface area contributed by atoms with Gasteiger partial charge in [0.2, 0.25) is 5.78 Å². The number of ketones is 2. The highest BCUT2D eigenvalue weighted by molar-refractivity contribution is 6.19. The fraction of sp³-hybridized carbons (Fsp3) is 0.250. The first-order chi connectivity index (χ1) is 10.0. The van der Waals surface area contributed by atoms with Crippen LogP contribution in [0.25, 0.3) is 0 Å². The molecular weight excluding hydrogens is 268 g/mol. The van der Waals surface area contributed by atoms with Crippen LogP contribution in [0.4, 0.5) is 5.69 Å². The lowest BCUT2D eigenvalue weighted by Gasteiger charge is -2.22. The lowest BCUT2D eigenvalue weighted by molar-refractivity contribution is -0.116. The Labute approximate surface area is 123 Å². The first kappa shape index (κ1) is 15.0. The summed E-state index contributed by atoms with van der Waals surface area (Å²) in [5, 5.41) is 8.90. The minimum atomic E-state index is -0.212. The number of carbonyl (C=O) groups is 2. The Hall–Kier alpha value is -2.40. The van der Waals surface area contributed by atoms with Crippen LogP contribution in [0, 0.1) is 0 Å². The van der Waals surface area contributed by atoms with Crippen LogP contribution in [0.2, 0.25) is 0 Å². The summed E-state index contributed by atoms with van der Waals surface area (Å²) in [4.78, 5) is 25.8.